The second-order valence-electron chi connectivity index (χ2n) is 7.05. The number of allylic oxidation sites excluding steroid dienone is 1. The summed E-state index contributed by atoms with van der Waals surface area (Å²) in [5, 5.41) is 3.27. The average Bonchev–Trinajstić information content (AvgIpc) is 2.75. The Kier molecular flexibility index (Phi) is 7.22. The van der Waals surface area contributed by atoms with Crippen molar-refractivity contribution in [2.45, 2.75) is 39.0 Å². The first-order chi connectivity index (χ1) is 13.7. The fraction of sp³-hybridized carbons (Fsp3) is 0.600. The van der Waals surface area contributed by atoms with Crippen molar-refractivity contribution in [3.63, 3.8) is 0 Å². The molecule has 0 spiro atoms. The fourth-order valence-electron chi connectivity index (χ4n) is 3.48. The van der Waals surface area contributed by atoms with E-state index in [2.05, 4.69) is 21.4 Å². The molecule has 1 aromatic heterocycles. The average molecular weight is 387 g/mol. The molecule has 3 rings (SSSR count). The van der Waals surface area contributed by atoms with Crippen molar-refractivity contribution in [1.82, 2.24) is 19.8 Å². The Balaban J connectivity index is 1.44. The summed E-state index contributed by atoms with van der Waals surface area (Å²) in [5.41, 5.74) is 1.84. The van der Waals surface area contributed by atoms with Crippen LogP contribution in [0.15, 0.2) is 24.0 Å². The van der Waals surface area contributed by atoms with E-state index < -0.39 is 0 Å². The Morgan fingerprint density at radius 2 is 1.89 bits per heavy atom. The number of nitrogens with zero attached hydrogens (tertiary/aromatic N) is 4. The summed E-state index contributed by atoms with van der Waals surface area (Å²) < 4.78 is 5.00. The molecular formula is C20H29N5O3. The topological polar surface area (TPSA) is 87.7 Å². The quantitative estimate of drug-likeness (QED) is 0.755. The first kappa shape index (κ1) is 20.1. The van der Waals surface area contributed by atoms with Crippen LogP contribution in [0, 0.1) is 0 Å². The van der Waals surface area contributed by atoms with Crippen molar-refractivity contribution in [3.05, 3.63) is 29.7 Å². The molecule has 1 saturated heterocycles. The molecule has 0 unspecified atom stereocenters. The minimum atomic E-state index is -0.325. The van der Waals surface area contributed by atoms with Gasteiger partial charge in [0.05, 0.1) is 19.0 Å². The van der Waals surface area contributed by atoms with Crippen molar-refractivity contribution in [1.29, 1.82) is 0 Å². The number of hydrogen-bond donors (Lipinski definition) is 1. The van der Waals surface area contributed by atoms with Gasteiger partial charge in [-0.05, 0) is 39.0 Å². The lowest BCUT2D eigenvalue weighted by Crippen LogP contribution is -2.50. The fourth-order valence-corrected chi connectivity index (χ4v) is 3.48. The summed E-state index contributed by atoms with van der Waals surface area (Å²) in [6, 6.07) is 0. The summed E-state index contributed by atoms with van der Waals surface area (Å²) in [6.45, 7) is 4.82. The van der Waals surface area contributed by atoms with Crippen molar-refractivity contribution >= 4 is 17.8 Å². The lowest BCUT2D eigenvalue weighted by Gasteiger charge is -2.33. The minimum Gasteiger partial charge on any atom is -0.450 e. The van der Waals surface area contributed by atoms with Crippen molar-refractivity contribution in [2.24, 2.45) is 0 Å². The summed E-state index contributed by atoms with van der Waals surface area (Å²) >= 11 is 0. The molecule has 1 N–H and O–H groups in total. The van der Waals surface area contributed by atoms with E-state index in [4.69, 9.17) is 4.74 Å². The molecule has 8 nitrogen and oxygen atoms in total. The van der Waals surface area contributed by atoms with Gasteiger partial charge in [-0.2, -0.15) is 0 Å². The highest BCUT2D eigenvalue weighted by Crippen LogP contribution is 2.20. The lowest BCUT2D eigenvalue weighted by atomic mass is 9.97. The molecule has 8 heteroatoms. The van der Waals surface area contributed by atoms with Gasteiger partial charge in [0.15, 0.2) is 0 Å². The van der Waals surface area contributed by atoms with Crippen LogP contribution in [-0.4, -0.2) is 71.1 Å². The number of rotatable bonds is 6. The van der Waals surface area contributed by atoms with Crippen LogP contribution in [0.1, 0.15) is 49.5 Å². The van der Waals surface area contributed by atoms with Gasteiger partial charge in [-0.1, -0.05) is 11.6 Å². The van der Waals surface area contributed by atoms with Gasteiger partial charge in [0.1, 0.15) is 11.5 Å². The van der Waals surface area contributed by atoms with Crippen LogP contribution in [-0.2, 0) is 4.74 Å². The van der Waals surface area contributed by atoms with Crippen LogP contribution >= 0.6 is 0 Å². The van der Waals surface area contributed by atoms with Gasteiger partial charge in [-0.3, -0.25) is 4.79 Å². The van der Waals surface area contributed by atoms with Crippen LogP contribution in [0.4, 0.5) is 10.6 Å². The smallest absolute Gasteiger partial charge is 0.409 e. The van der Waals surface area contributed by atoms with E-state index in [-0.39, 0.29) is 12.0 Å². The van der Waals surface area contributed by atoms with E-state index in [1.54, 1.807) is 22.9 Å². The molecule has 2 heterocycles. The predicted molar refractivity (Wildman–Crippen MR) is 106 cm³/mol. The standard InChI is InChI=1S/C20H29N5O3/c1-2-28-20(27)25-12-10-24(11-13-25)19(26)17-14-23-18(15-22-17)21-9-8-16-6-4-3-5-7-16/h6,14-15H,2-5,7-13H2,1H3,(H,21,23). The van der Waals surface area contributed by atoms with E-state index in [1.165, 1.54) is 37.5 Å². The maximum atomic E-state index is 12.6. The third kappa shape index (κ3) is 5.43. The molecular weight excluding hydrogens is 358 g/mol. The zero-order valence-corrected chi connectivity index (χ0v) is 16.5. The molecule has 2 aliphatic rings. The van der Waals surface area contributed by atoms with Gasteiger partial charge in [0, 0.05) is 32.7 Å². The summed E-state index contributed by atoms with van der Waals surface area (Å²) in [5.74, 6) is 0.523. The van der Waals surface area contributed by atoms with Gasteiger partial charge >= 0.3 is 6.09 Å². The van der Waals surface area contributed by atoms with Crippen molar-refractivity contribution in [2.75, 3.05) is 44.6 Å². The number of amides is 2. The summed E-state index contributed by atoms with van der Waals surface area (Å²) in [7, 11) is 0. The van der Waals surface area contributed by atoms with Gasteiger partial charge in [0.2, 0.25) is 0 Å². The molecule has 28 heavy (non-hydrogen) atoms. The van der Waals surface area contributed by atoms with Gasteiger partial charge in [0.25, 0.3) is 5.91 Å². The van der Waals surface area contributed by atoms with Crippen LogP contribution < -0.4 is 5.32 Å². The van der Waals surface area contributed by atoms with E-state index in [1.807, 2.05) is 0 Å². The van der Waals surface area contributed by atoms with E-state index >= 15 is 0 Å². The van der Waals surface area contributed by atoms with Crippen LogP contribution in [0.5, 0.6) is 0 Å². The molecule has 1 fully saturated rings. The maximum Gasteiger partial charge on any atom is 0.409 e. The monoisotopic (exact) mass is 387 g/mol. The first-order valence-corrected chi connectivity index (χ1v) is 10.1. The van der Waals surface area contributed by atoms with Gasteiger partial charge in [-0.15, -0.1) is 0 Å². The largest absolute Gasteiger partial charge is 0.450 e. The Morgan fingerprint density at radius 1 is 1.11 bits per heavy atom. The van der Waals surface area contributed by atoms with E-state index in [0.717, 1.165) is 13.0 Å². The minimum absolute atomic E-state index is 0.157. The van der Waals surface area contributed by atoms with E-state index in [0.29, 0.717) is 44.3 Å². The second-order valence-corrected chi connectivity index (χ2v) is 7.05. The molecule has 0 radical (unpaired) electrons. The summed E-state index contributed by atoms with van der Waals surface area (Å²) in [4.78, 5) is 36.2. The number of aromatic nitrogens is 2. The predicted octanol–water partition coefficient (Wildman–Crippen LogP) is 2.69. The van der Waals surface area contributed by atoms with Crippen LogP contribution in [0.2, 0.25) is 0 Å². The molecule has 1 aliphatic carbocycles. The molecule has 1 aromatic rings. The van der Waals surface area contributed by atoms with Crippen molar-refractivity contribution in [3.8, 4) is 0 Å². The Labute approximate surface area is 166 Å². The normalized spacial score (nSPS) is 17.1. The number of nitrogens with one attached hydrogen (secondary N) is 1. The molecule has 0 atom stereocenters. The molecule has 2 amide bonds. The number of ether oxygens (including phenoxy) is 1. The number of piperazine rings is 1. The van der Waals surface area contributed by atoms with Gasteiger partial charge in [-0.25, -0.2) is 14.8 Å². The first-order valence-electron chi connectivity index (χ1n) is 10.1. The number of anilines is 1. The van der Waals surface area contributed by atoms with Crippen molar-refractivity contribution < 1.29 is 14.3 Å². The highest BCUT2D eigenvalue weighted by atomic mass is 16.6. The SMILES string of the molecule is CCOC(=O)N1CCN(C(=O)c2cnc(NCCC3=CCCCC3)cn2)CC1. The summed E-state index contributed by atoms with van der Waals surface area (Å²) in [6.07, 6.45) is 11.2. The molecule has 0 aromatic carbocycles. The molecule has 0 saturated carbocycles. The third-order valence-electron chi connectivity index (χ3n) is 5.10. The number of hydrogen-bond acceptors (Lipinski definition) is 6. The molecule has 1 aliphatic heterocycles. The maximum absolute atomic E-state index is 12.6. The molecule has 152 valence electrons. The lowest BCUT2D eigenvalue weighted by molar-refractivity contribution is 0.0565. The highest BCUT2D eigenvalue weighted by molar-refractivity contribution is 5.92. The molecule has 0 bridgehead atoms. The second kappa shape index (κ2) is 10.1. The number of carbonyl (C=O) groups excluding carboxylic acids is 2. The number of carbonyl (C=O) groups is 2. The Morgan fingerprint density at radius 3 is 2.54 bits per heavy atom. The zero-order chi connectivity index (χ0) is 19.8. The Hall–Kier alpha value is -2.64. The van der Waals surface area contributed by atoms with Crippen LogP contribution in [0.25, 0.3) is 0 Å². The zero-order valence-electron chi connectivity index (χ0n) is 16.5. The third-order valence-corrected chi connectivity index (χ3v) is 5.10. The van der Waals surface area contributed by atoms with E-state index in [9.17, 15) is 9.59 Å². The van der Waals surface area contributed by atoms with Crippen LogP contribution in [0.3, 0.4) is 0 Å². The Bertz CT molecular complexity index is 696. The van der Waals surface area contributed by atoms with Gasteiger partial charge < -0.3 is 19.9 Å². The highest BCUT2D eigenvalue weighted by Gasteiger charge is 2.26.